The fourth-order valence-electron chi connectivity index (χ4n) is 7.04. The number of benzene rings is 5. The van der Waals surface area contributed by atoms with E-state index in [1.54, 1.807) is 0 Å². The molecule has 4 N–H and O–H groups in total. The minimum atomic E-state index is 0.924. The molecule has 4 heteroatoms. The van der Waals surface area contributed by atoms with E-state index in [4.69, 9.17) is 0 Å². The Balaban J connectivity index is 0.732. The molecule has 0 saturated heterocycles. The van der Waals surface area contributed by atoms with Gasteiger partial charge in [-0.1, -0.05) is 84.9 Å². The van der Waals surface area contributed by atoms with Gasteiger partial charge in [-0.2, -0.15) is 0 Å². The fraction of sp³-hybridized carbons (Fsp3) is 0.286. The molecule has 0 atom stereocenters. The van der Waals surface area contributed by atoms with Crippen LogP contribution in [-0.2, 0) is 25.9 Å². The van der Waals surface area contributed by atoms with Crippen LogP contribution in [0.1, 0.15) is 59.1 Å². The molecule has 2 aliphatic rings. The Labute approximate surface area is 274 Å². The zero-order valence-electron chi connectivity index (χ0n) is 26.9. The molecular weight excluding hydrogens is 560 g/mol. The van der Waals surface area contributed by atoms with Gasteiger partial charge in [0.05, 0.1) is 0 Å². The summed E-state index contributed by atoms with van der Waals surface area (Å²) >= 11 is 0. The van der Waals surface area contributed by atoms with Gasteiger partial charge >= 0.3 is 0 Å². The summed E-state index contributed by atoms with van der Waals surface area (Å²) in [5, 5.41) is 14.5. The Kier molecular flexibility index (Phi) is 9.75. The van der Waals surface area contributed by atoms with Crippen molar-refractivity contribution in [1.29, 1.82) is 0 Å². The highest BCUT2D eigenvalue weighted by Gasteiger charge is 2.18. The van der Waals surface area contributed by atoms with Gasteiger partial charge in [-0.15, -0.1) is 0 Å². The third-order valence-corrected chi connectivity index (χ3v) is 9.46. The summed E-state index contributed by atoms with van der Waals surface area (Å²) in [6.07, 6.45) is 6.75. The van der Waals surface area contributed by atoms with Crippen molar-refractivity contribution >= 4 is 11.4 Å². The molecule has 0 fully saturated rings. The Hall–Kier alpha value is -4.38. The summed E-state index contributed by atoms with van der Waals surface area (Å²) in [4.78, 5) is 0. The molecule has 0 amide bonds. The number of unbranched alkanes of at least 4 members (excludes halogenated alkanes) is 2. The molecule has 5 aromatic rings. The van der Waals surface area contributed by atoms with Crippen LogP contribution < -0.4 is 21.3 Å². The van der Waals surface area contributed by atoms with Crippen LogP contribution in [0.5, 0.6) is 0 Å². The second-order valence-electron chi connectivity index (χ2n) is 12.9. The third kappa shape index (κ3) is 7.36. The summed E-state index contributed by atoms with van der Waals surface area (Å²) in [5.41, 5.74) is 16.6. The van der Waals surface area contributed by atoms with Gasteiger partial charge in [0.1, 0.15) is 0 Å². The first kappa shape index (κ1) is 30.3. The summed E-state index contributed by atoms with van der Waals surface area (Å²) in [7, 11) is 0. The van der Waals surface area contributed by atoms with Crippen molar-refractivity contribution in [2.75, 3.05) is 36.8 Å². The van der Waals surface area contributed by atoms with E-state index in [1.807, 2.05) is 0 Å². The van der Waals surface area contributed by atoms with Crippen LogP contribution in [-0.4, -0.2) is 26.2 Å². The average Bonchev–Trinajstić information content (AvgIpc) is 3.65. The normalized spacial score (nSPS) is 12.3. The Morgan fingerprint density at radius 2 is 0.848 bits per heavy atom. The summed E-state index contributed by atoms with van der Waals surface area (Å²) in [5.74, 6) is 0. The SMILES string of the molecule is c1cc(CNCCCCNc2ccc3c(c2)Cc2ccccc2-3)cc(CNCCCCNc2ccc3c(c2)Cc2ccccc2-3)c1. The van der Waals surface area contributed by atoms with Crippen molar-refractivity contribution in [2.24, 2.45) is 0 Å². The van der Waals surface area contributed by atoms with Crippen molar-refractivity contribution in [3.05, 3.63) is 143 Å². The zero-order chi connectivity index (χ0) is 31.0. The van der Waals surface area contributed by atoms with Gasteiger partial charge in [0, 0.05) is 37.6 Å². The molecule has 2 aliphatic carbocycles. The predicted octanol–water partition coefficient (Wildman–Crippen LogP) is 8.79. The van der Waals surface area contributed by atoms with Crippen LogP contribution in [0.15, 0.2) is 109 Å². The van der Waals surface area contributed by atoms with Crippen molar-refractivity contribution in [3.63, 3.8) is 0 Å². The van der Waals surface area contributed by atoms with Crippen molar-refractivity contribution in [3.8, 4) is 22.3 Å². The van der Waals surface area contributed by atoms with Crippen LogP contribution in [0.3, 0.4) is 0 Å². The Morgan fingerprint density at radius 3 is 1.37 bits per heavy atom. The summed E-state index contributed by atoms with van der Waals surface area (Å²) < 4.78 is 0. The first-order valence-corrected chi connectivity index (χ1v) is 17.2. The van der Waals surface area contributed by atoms with Gasteiger partial charge < -0.3 is 21.3 Å². The van der Waals surface area contributed by atoms with Crippen LogP contribution in [0.25, 0.3) is 22.3 Å². The van der Waals surface area contributed by atoms with E-state index in [1.165, 1.54) is 79.9 Å². The molecule has 0 bridgehead atoms. The average molecular weight is 607 g/mol. The van der Waals surface area contributed by atoms with E-state index >= 15 is 0 Å². The summed E-state index contributed by atoms with van der Waals surface area (Å²) in [6.45, 7) is 5.94. The molecule has 234 valence electrons. The lowest BCUT2D eigenvalue weighted by Crippen LogP contribution is -2.17. The number of fused-ring (bicyclic) bond motifs is 6. The van der Waals surface area contributed by atoms with Gasteiger partial charge in [0.2, 0.25) is 0 Å². The van der Waals surface area contributed by atoms with Gasteiger partial charge in [-0.25, -0.2) is 0 Å². The minimum absolute atomic E-state index is 0.924. The zero-order valence-corrected chi connectivity index (χ0v) is 26.9. The molecule has 5 aromatic carbocycles. The van der Waals surface area contributed by atoms with E-state index < -0.39 is 0 Å². The number of hydrogen-bond donors (Lipinski definition) is 4. The quantitative estimate of drug-likeness (QED) is 0.0831. The maximum Gasteiger partial charge on any atom is 0.0343 e. The van der Waals surface area contributed by atoms with E-state index in [-0.39, 0.29) is 0 Å². The first-order chi connectivity index (χ1) is 22.8. The predicted molar refractivity (Wildman–Crippen MR) is 195 cm³/mol. The van der Waals surface area contributed by atoms with Crippen molar-refractivity contribution in [2.45, 2.75) is 51.6 Å². The van der Waals surface area contributed by atoms with Crippen LogP contribution in [0.4, 0.5) is 11.4 Å². The minimum Gasteiger partial charge on any atom is -0.385 e. The van der Waals surface area contributed by atoms with Crippen LogP contribution in [0, 0.1) is 0 Å². The first-order valence-electron chi connectivity index (χ1n) is 17.2. The summed E-state index contributed by atoms with van der Waals surface area (Å²) in [6, 6.07) is 40.2. The van der Waals surface area contributed by atoms with Crippen LogP contribution >= 0.6 is 0 Å². The maximum absolute atomic E-state index is 3.64. The Bertz CT molecular complexity index is 1650. The molecule has 0 saturated carbocycles. The van der Waals surface area contributed by atoms with Crippen molar-refractivity contribution in [1.82, 2.24) is 10.6 Å². The molecule has 4 nitrogen and oxygen atoms in total. The highest BCUT2D eigenvalue weighted by molar-refractivity contribution is 5.79. The molecule has 0 aliphatic heterocycles. The largest absolute Gasteiger partial charge is 0.385 e. The number of anilines is 2. The van der Waals surface area contributed by atoms with Gasteiger partial charge in [-0.3, -0.25) is 0 Å². The highest BCUT2D eigenvalue weighted by atomic mass is 14.9. The third-order valence-electron chi connectivity index (χ3n) is 9.46. The Morgan fingerprint density at radius 1 is 0.391 bits per heavy atom. The number of nitrogens with one attached hydrogen (secondary N) is 4. The standard InChI is InChI=1S/C42H46N4/c1-3-14-39-33(12-1)25-35-27-37(16-18-41(35)39)45-22-7-5-20-43-29-31-10-9-11-32(24-31)30-44-21-6-8-23-46-38-17-19-42-36(28-38)26-34-13-2-4-15-40(34)42/h1-4,9-19,24,27-28,43-46H,5-8,20-23,25-26,29-30H2. The van der Waals surface area contributed by atoms with E-state index in [9.17, 15) is 0 Å². The molecule has 0 aromatic heterocycles. The second kappa shape index (κ2) is 14.8. The fourth-order valence-corrected chi connectivity index (χ4v) is 7.04. The smallest absolute Gasteiger partial charge is 0.0343 e. The number of rotatable bonds is 16. The number of hydrogen-bond acceptors (Lipinski definition) is 4. The molecule has 0 heterocycles. The maximum atomic E-state index is 3.64. The second-order valence-corrected chi connectivity index (χ2v) is 12.9. The molecule has 7 rings (SSSR count). The molecule has 0 spiro atoms. The molecule has 0 radical (unpaired) electrons. The monoisotopic (exact) mass is 606 g/mol. The topological polar surface area (TPSA) is 48.1 Å². The van der Waals surface area contributed by atoms with Gasteiger partial charge in [0.25, 0.3) is 0 Å². The van der Waals surface area contributed by atoms with Crippen molar-refractivity contribution < 1.29 is 0 Å². The molecule has 0 unspecified atom stereocenters. The van der Waals surface area contributed by atoms with E-state index in [0.29, 0.717) is 0 Å². The van der Waals surface area contributed by atoms with E-state index in [0.717, 1.165) is 65.0 Å². The highest BCUT2D eigenvalue weighted by Crippen LogP contribution is 2.38. The van der Waals surface area contributed by atoms with Crippen LogP contribution in [0.2, 0.25) is 0 Å². The molecular formula is C42H46N4. The lowest BCUT2D eigenvalue weighted by atomic mass is 10.1. The molecule has 46 heavy (non-hydrogen) atoms. The van der Waals surface area contributed by atoms with Gasteiger partial charge in [0.15, 0.2) is 0 Å². The van der Waals surface area contributed by atoms with E-state index in [2.05, 4.69) is 130 Å². The lowest BCUT2D eigenvalue weighted by Gasteiger charge is -2.10. The van der Waals surface area contributed by atoms with Gasteiger partial charge in [-0.05, 0) is 132 Å². The lowest BCUT2D eigenvalue weighted by molar-refractivity contribution is 0.626.